The average Bonchev–Trinajstić information content (AvgIpc) is 2.38. The molecule has 1 amide bonds. The van der Waals surface area contributed by atoms with Crippen LogP contribution in [0.15, 0.2) is 29.2 Å². The summed E-state index contributed by atoms with van der Waals surface area (Å²) in [4.78, 5) is 11.8. The Bertz CT molecular complexity index is 541. The third kappa shape index (κ3) is 3.70. The normalized spacial score (nSPS) is 12.9. The minimum Gasteiger partial charge on any atom is -0.398 e. The lowest BCUT2D eigenvalue weighted by molar-refractivity contribution is -0.120. The van der Waals surface area contributed by atoms with Gasteiger partial charge in [0.05, 0.1) is 10.6 Å². The van der Waals surface area contributed by atoms with Crippen molar-refractivity contribution in [3.8, 4) is 0 Å². The average molecular weight is 284 g/mol. The van der Waals surface area contributed by atoms with Crippen molar-refractivity contribution in [2.75, 3.05) is 12.3 Å². The van der Waals surface area contributed by atoms with Crippen LogP contribution in [-0.2, 0) is 14.6 Å². The smallest absolute Gasteiger partial charge is 0.238 e. The second kappa shape index (κ2) is 6.56. The Morgan fingerprint density at radius 3 is 2.58 bits per heavy atom. The number of nitrogens with two attached hydrogens (primary N) is 1. The molecule has 1 atom stereocenters. The highest BCUT2D eigenvalue weighted by atomic mass is 32.2. The van der Waals surface area contributed by atoms with E-state index in [9.17, 15) is 13.2 Å². The molecule has 1 unspecified atom stereocenters. The SMILES string of the molecule is CCCCNC(=O)C(C)S(=O)(=O)c1ccccc1N. The standard InChI is InChI=1S/C13H20N2O3S/c1-3-4-9-15-13(16)10(2)19(17,18)12-8-6-5-7-11(12)14/h5-8,10H,3-4,9,14H2,1-2H3,(H,15,16). The number of anilines is 1. The number of nitrogen functional groups attached to an aromatic ring is 1. The molecule has 19 heavy (non-hydrogen) atoms. The maximum atomic E-state index is 12.3. The minimum atomic E-state index is -3.74. The van der Waals surface area contributed by atoms with Gasteiger partial charge >= 0.3 is 0 Å². The van der Waals surface area contributed by atoms with E-state index in [1.54, 1.807) is 12.1 Å². The molecule has 0 aromatic heterocycles. The Morgan fingerprint density at radius 1 is 1.37 bits per heavy atom. The van der Waals surface area contributed by atoms with Crippen molar-refractivity contribution >= 4 is 21.4 Å². The van der Waals surface area contributed by atoms with Crippen LogP contribution in [-0.4, -0.2) is 26.1 Å². The van der Waals surface area contributed by atoms with Crippen LogP contribution in [0.1, 0.15) is 26.7 Å². The van der Waals surface area contributed by atoms with Crippen LogP contribution in [0.2, 0.25) is 0 Å². The summed E-state index contributed by atoms with van der Waals surface area (Å²) >= 11 is 0. The first-order valence-corrected chi connectivity index (χ1v) is 7.82. The summed E-state index contributed by atoms with van der Waals surface area (Å²) in [7, 11) is -3.74. The van der Waals surface area contributed by atoms with Gasteiger partial charge in [-0.25, -0.2) is 8.42 Å². The van der Waals surface area contributed by atoms with Gasteiger partial charge < -0.3 is 11.1 Å². The van der Waals surface area contributed by atoms with E-state index < -0.39 is 21.0 Å². The first kappa shape index (κ1) is 15.5. The van der Waals surface area contributed by atoms with Crippen LogP contribution in [0.4, 0.5) is 5.69 Å². The molecule has 5 nitrogen and oxygen atoms in total. The van der Waals surface area contributed by atoms with E-state index in [2.05, 4.69) is 5.32 Å². The summed E-state index contributed by atoms with van der Waals surface area (Å²) in [5.74, 6) is -0.489. The van der Waals surface area contributed by atoms with Gasteiger partial charge in [-0.2, -0.15) is 0 Å². The minimum absolute atomic E-state index is 0.00754. The topological polar surface area (TPSA) is 89.3 Å². The largest absolute Gasteiger partial charge is 0.398 e. The van der Waals surface area contributed by atoms with Gasteiger partial charge in [0, 0.05) is 6.54 Å². The summed E-state index contributed by atoms with van der Waals surface area (Å²) in [6, 6.07) is 6.17. The van der Waals surface area contributed by atoms with Crippen molar-refractivity contribution in [1.82, 2.24) is 5.32 Å². The van der Waals surface area contributed by atoms with Gasteiger partial charge in [0.1, 0.15) is 5.25 Å². The molecule has 0 aliphatic heterocycles. The van der Waals surface area contributed by atoms with Crippen LogP contribution in [0, 0.1) is 0 Å². The van der Waals surface area contributed by atoms with Gasteiger partial charge in [-0.3, -0.25) is 4.79 Å². The molecule has 1 aromatic carbocycles. The van der Waals surface area contributed by atoms with E-state index >= 15 is 0 Å². The van der Waals surface area contributed by atoms with E-state index in [0.29, 0.717) is 6.54 Å². The molecule has 0 heterocycles. The molecule has 106 valence electrons. The molecule has 1 rings (SSSR count). The molecule has 0 saturated carbocycles. The van der Waals surface area contributed by atoms with E-state index in [4.69, 9.17) is 5.73 Å². The highest BCUT2D eigenvalue weighted by Crippen LogP contribution is 2.22. The molecule has 0 saturated heterocycles. The molecule has 0 bridgehead atoms. The van der Waals surface area contributed by atoms with Crippen LogP contribution < -0.4 is 11.1 Å². The quantitative estimate of drug-likeness (QED) is 0.609. The Balaban J connectivity index is 2.89. The number of rotatable bonds is 6. The summed E-state index contributed by atoms with van der Waals surface area (Å²) in [5.41, 5.74) is 5.82. The van der Waals surface area contributed by atoms with Crippen molar-refractivity contribution in [3.05, 3.63) is 24.3 Å². The fraction of sp³-hybridized carbons (Fsp3) is 0.462. The molecular weight excluding hydrogens is 264 g/mol. The maximum absolute atomic E-state index is 12.3. The summed E-state index contributed by atoms with van der Waals surface area (Å²) in [5, 5.41) is 1.48. The second-order valence-corrected chi connectivity index (χ2v) is 6.61. The lowest BCUT2D eigenvalue weighted by Crippen LogP contribution is -2.38. The molecule has 0 aliphatic carbocycles. The zero-order valence-electron chi connectivity index (χ0n) is 11.2. The Kier molecular flexibility index (Phi) is 5.35. The lowest BCUT2D eigenvalue weighted by Gasteiger charge is -2.14. The summed E-state index contributed by atoms with van der Waals surface area (Å²) < 4.78 is 24.6. The van der Waals surface area contributed by atoms with Crippen molar-refractivity contribution in [2.24, 2.45) is 0 Å². The van der Waals surface area contributed by atoms with Crippen molar-refractivity contribution in [2.45, 2.75) is 36.8 Å². The Morgan fingerprint density at radius 2 is 2.00 bits per heavy atom. The molecule has 0 radical (unpaired) electrons. The van der Waals surface area contributed by atoms with Crippen LogP contribution >= 0.6 is 0 Å². The number of unbranched alkanes of at least 4 members (excludes halogenated alkanes) is 1. The van der Waals surface area contributed by atoms with E-state index in [1.165, 1.54) is 19.1 Å². The highest BCUT2D eigenvalue weighted by molar-refractivity contribution is 7.93. The van der Waals surface area contributed by atoms with E-state index in [1.807, 2.05) is 6.92 Å². The fourth-order valence-electron chi connectivity index (χ4n) is 1.60. The van der Waals surface area contributed by atoms with Gasteiger partial charge in [0.15, 0.2) is 9.84 Å². The fourth-order valence-corrected chi connectivity index (χ4v) is 3.01. The number of para-hydroxylation sites is 1. The zero-order chi connectivity index (χ0) is 14.5. The molecule has 0 aliphatic rings. The van der Waals surface area contributed by atoms with E-state index in [-0.39, 0.29) is 10.6 Å². The predicted molar refractivity (Wildman–Crippen MR) is 75.4 cm³/mol. The van der Waals surface area contributed by atoms with E-state index in [0.717, 1.165) is 12.8 Å². The summed E-state index contributed by atoms with van der Waals surface area (Å²) in [6.07, 6.45) is 1.76. The zero-order valence-corrected chi connectivity index (χ0v) is 12.0. The van der Waals surface area contributed by atoms with Crippen LogP contribution in [0.25, 0.3) is 0 Å². The van der Waals surface area contributed by atoms with Crippen LogP contribution in [0.5, 0.6) is 0 Å². The third-order valence-corrected chi connectivity index (χ3v) is 5.02. The predicted octanol–water partition coefficient (Wildman–Crippen LogP) is 1.35. The van der Waals surface area contributed by atoms with Crippen molar-refractivity contribution in [1.29, 1.82) is 0 Å². The molecule has 6 heteroatoms. The number of nitrogens with one attached hydrogen (secondary N) is 1. The first-order chi connectivity index (χ1) is 8.91. The number of sulfone groups is 1. The molecule has 0 spiro atoms. The molecular formula is C13H20N2O3S. The first-order valence-electron chi connectivity index (χ1n) is 6.27. The van der Waals surface area contributed by atoms with Crippen LogP contribution in [0.3, 0.4) is 0 Å². The number of hydrogen-bond acceptors (Lipinski definition) is 4. The Hall–Kier alpha value is -1.56. The van der Waals surface area contributed by atoms with Gasteiger partial charge in [0.25, 0.3) is 0 Å². The molecule has 3 N–H and O–H groups in total. The third-order valence-electron chi connectivity index (χ3n) is 2.89. The number of carbonyl (C=O) groups is 1. The van der Waals surface area contributed by atoms with Crippen molar-refractivity contribution in [3.63, 3.8) is 0 Å². The molecule has 1 aromatic rings. The highest BCUT2D eigenvalue weighted by Gasteiger charge is 2.30. The summed E-state index contributed by atoms with van der Waals surface area (Å²) in [6.45, 7) is 3.86. The number of amides is 1. The van der Waals surface area contributed by atoms with Gasteiger partial charge in [-0.05, 0) is 25.5 Å². The van der Waals surface area contributed by atoms with Gasteiger partial charge in [0.2, 0.25) is 5.91 Å². The number of hydrogen-bond donors (Lipinski definition) is 2. The van der Waals surface area contributed by atoms with Gasteiger partial charge in [-0.15, -0.1) is 0 Å². The van der Waals surface area contributed by atoms with Crippen molar-refractivity contribution < 1.29 is 13.2 Å². The van der Waals surface area contributed by atoms with Gasteiger partial charge in [-0.1, -0.05) is 25.5 Å². The maximum Gasteiger partial charge on any atom is 0.238 e. The monoisotopic (exact) mass is 284 g/mol. The molecule has 0 fully saturated rings. The second-order valence-electron chi connectivity index (χ2n) is 4.37. The number of carbonyl (C=O) groups excluding carboxylic acids is 1. The number of benzene rings is 1. The lowest BCUT2D eigenvalue weighted by atomic mass is 10.3. The Labute approximate surface area is 114 Å².